The molecule has 0 aromatic heterocycles. The number of rotatable bonds is 4. The van der Waals surface area contributed by atoms with Gasteiger partial charge in [-0.15, -0.1) is 0 Å². The zero-order chi connectivity index (χ0) is 20.7. The first-order valence-electron chi connectivity index (χ1n) is 10.6. The normalized spacial score (nSPS) is 13.5. The fourth-order valence-electron chi connectivity index (χ4n) is 4.74. The molecule has 0 N–H and O–H groups in total. The topological polar surface area (TPSA) is 0 Å². The van der Waals surface area contributed by atoms with Crippen LogP contribution < -0.4 is 0 Å². The van der Waals surface area contributed by atoms with Crippen LogP contribution in [0.1, 0.15) is 36.1 Å². The predicted octanol–water partition coefficient (Wildman–Crippen LogP) is 7.92. The van der Waals surface area contributed by atoms with Gasteiger partial charge in [-0.3, -0.25) is 0 Å². The Morgan fingerprint density at radius 1 is 0.667 bits per heavy atom. The smallest absolute Gasteiger partial charge is 0.0158 e. The molecule has 5 rings (SSSR count). The molecule has 0 bridgehead atoms. The maximum atomic E-state index is 4.39. The van der Waals surface area contributed by atoms with E-state index >= 15 is 0 Å². The summed E-state index contributed by atoms with van der Waals surface area (Å²) in [4.78, 5) is 0. The van der Waals surface area contributed by atoms with Gasteiger partial charge in [-0.1, -0.05) is 117 Å². The van der Waals surface area contributed by atoms with E-state index in [2.05, 4.69) is 117 Å². The monoisotopic (exact) mass is 386 g/mol. The van der Waals surface area contributed by atoms with Gasteiger partial charge in [-0.2, -0.15) is 0 Å². The lowest BCUT2D eigenvalue weighted by atomic mass is 9.81. The first kappa shape index (κ1) is 18.6. The highest BCUT2D eigenvalue weighted by Gasteiger charge is 2.35. The maximum absolute atomic E-state index is 4.39. The zero-order valence-corrected chi connectivity index (χ0v) is 17.7. The zero-order valence-electron chi connectivity index (χ0n) is 17.7. The molecule has 1 aliphatic carbocycles. The van der Waals surface area contributed by atoms with Crippen LogP contribution in [0.15, 0.2) is 104 Å². The Hall–Kier alpha value is -3.38. The van der Waals surface area contributed by atoms with Gasteiger partial charge >= 0.3 is 0 Å². The van der Waals surface area contributed by atoms with E-state index < -0.39 is 0 Å². The molecule has 0 unspecified atom stereocenters. The fourth-order valence-corrected chi connectivity index (χ4v) is 4.74. The van der Waals surface area contributed by atoms with Crippen LogP contribution in [0.4, 0.5) is 0 Å². The summed E-state index contributed by atoms with van der Waals surface area (Å²) < 4.78 is 0. The molecule has 0 amide bonds. The Labute approximate surface area is 179 Å². The van der Waals surface area contributed by atoms with E-state index in [0.717, 1.165) is 12.0 Å². The van der Waals surface area contributed by atoms with Crippen molar-refractivity contribution in [3.8, 4) is 22.3 Å². The standard InChI is InChI=1S/C30H26/c1-21(23-14-16-25(17-15-23)24-9-5-4-6-10-24)19-22-13-18-27-26-11-7-8-12-28(26)30(2,3)29(27)20-22/h4-18,20H,1,19H2,2-3H3. The van der Waals surface area contributed by atoms with Crippen LogP contribution >= 0.6 is 0 Å². The van der Waals surface area contributed by atoms with E-state index in [-0.39, 0.29) is 5.41 Å². The number of benzene rings is 4. The summed E-state index contributed by atoms with van der Waals surface area (Å²) in [5.74, 6) is 0. The number of fused-ring (bicyclic) bond motifs is 3. The van der Waals surface area contributed by atoms with Crippen molar-refractivity contribution in [3.05, 3.63) is 126 Å². The lowest BCUT2D eigenvalue weighted by Gasteiger charge is -2.22. The van der Waals surface area contributed by atoms with Gasteiger partial charge in [-0.25, -0.2) is 0 Å². The maximum Gasteiger partial charge on any atom is 0.0158 e. The van der Waals surface area contributed by atoms with Crippen molar-refractivity contribution in [1.29, 1.82) is 0 Å². The van der Waals surface area contributed by atoms with Crippen LogP contribution in [-0.4, -0.2) is 0 Å². The van der Waals surface area contributed by atoms with E-state index in [0.29, 0.717) is 0 Å². The summed E-state index contributed by atoms with van der Waals surface area (Å²) >= 11 is 0. The van der Waals surface area contributed by atoms with Crippen molar-refractivity contribution in [2.24, 2.45) is 0 Å². The van der Waals surface area contributed by atoms with E-state index in [1.165, 1.54) is 44.5 Å². The van der Waals surface area contributed by atoms with Crippen LogP contribution in [-0.2, 0) is 11.8 Å². The molecule has 0 spiro atoms. The summed E-state index contributed by atoms with van der Waals surface area (Å²) in [5.41, 5.74) is 11.8. The highest BCUT2D eigenvalue weighted by Crippen LogP contribution is 2.48. The van der Waals surface area contributed by atoms with Gasteiger partial charge in [0.2, 0.25) is 0 Å². The Kier molecular flexibility index (Phi) is 4.44. The predicted molar refractivity (Wildman–Crippen MR) is 129 cm³/mol. The van der Waals surface area contributed by atoms with Gasteiger partial charge < -0.3 is 0 Å². The molecule has 0 nitrogen and oxygen atoms in total. The van der Waals surface area contributed by atoms with Crippen molar-refractivity contribution in [2.45, 2.75) is 25.7 Å². The highest BCUT2D eigenvalue weighted by molar-refractivity contribution is 5.81. The van der Waals surface area contributed by atoms with Crippen molar-refractivity contribution in [3.63, 3.8) is 0 Å². The Morgan fingerprint density at radius 2 is 1.30 bits per heavy atom. The third kappa shape index (κ3) is 3.09. The van der Waals surface area contributed by atoms with Gasteiger partial charge in [0.25, 0.3) is 0 Å². The van der Waals surface area contributed by atoms with E-state index in [9.17, 15) is 0 Å². The molecule has 0 aliphatic heterocycles. The Bertz CT molecular complexity index is 1220. The van der Waals surface area contributed by atoms with Gasteiger partial charge in [0.05, 0.1) is 0 Å². The third-order valence-corrected chi connectivity index (χ3v) is 6.47. The fraction of sp³-hybridized carbons (Fsp3) is 0.133. The van der Waals surface area contributed by atoms with Crippen molar-refractivity contribution in [1.82, 2.24) is 0 Å². The van der Waals surface area contributed by atoms with E-state index in [4.69, 9.17) is 0 Å². The quantitative estimate of drug-likeness (QED) is 0.334. The summed E-state index contributed by atoms with van der Waals surface area (Å²) in [7, 11) is 0. The van der Waals surface area contributed by atoms with Gasteiger partial charge in [0, 0.05) is 5.41 Å². The number of hydrogen-bond donors (Lipinski definition) is 0. The average Bonchev–Trinajstić information content (AvgIpc) is 3.01. The summed E-state index contributed by atoms with van der Waals surface area (Å²) in [5, 5.41) is 0. The molecule has 0 radical (unpaired) electrons. The third-order valence-electron chi connectivity index (χ3n) is 6.47. The molecule has 30 heavy (non-hydrogen) atoms. The number of hydrogen-bond acceptors (Lipinski definition) is 0. The van der Waals surface area contributed by atoms with E-state index in [1.807, 2.05) is 0 Å². The van der Waals surface area contributed by atoms with Crippen molar-refractivity contribution >= 4 is 5.57 Å². The molecule has 1 aliphatic rings. The highest BCUT2D eigenvalue weighted by atomic mass is 14.4. The second-order valence-electron chi connectivity index (χ2n) is 8.77. The first-order valence-corrected chi connectivity index (χ1v) is 10.6. The van der Waals surface area contributed by atoms with Gasteiger partial charge in [-0.05, 0) is 56.5 Å². The Balaban J connectivity index is 1.40. The lowest BCUT2D eigenvalue weighted by molar-refractivity contribution is 0.659. The van der Waals surface area contributed by atoms with Crippen molar-refractivity contribution < 1.29 is 0 Å². The largest absolute Gasteiger partial charge is 0.0949 e. The SMILES string of the molecule is C=C(Cc1ccc2c(c1)C(C)(C)c1ccccc1-2)c1ccc(-c2ccccc2)cc1. The Morgan fingerprint density at radius 3 is 2.07 bits per heavy atom. The molecule has 0 saturated heterocycles. The molecular formula is C30H26. The lowest BCUT2D eigenvalue weighted by Crippen LogP contribution is -2.15. The van der Waals surface area contributed by atoms with E-state index in [1.54, 1.807) is 0 Å². The van der Waals surface area contributed by atoms with Crippen LogP contribution in [0, 0.1) is 0 Å². The molecular weight excluding hydrogens is 360 g/mol. The molecule has 4 aromatic carbocycles. The molecule has 0 atom stereocenters. The van der Waals surface area contributed by atoms with Crippen LogP contribution in [0.3, 0.4) is 0 Å². The minimum absolute atomic E-state index is 0.0423. The van der Waals surface area contributed by atoms with Crippen LogP contribution in [0.25, 0.3) is 27.8 Å². The molecule has 0 heteroatoms. The van der Waals surface area contributed by atoms with Crippen molar-refractivity contribution in [2.75, 3.05) is 0 Å². The summed E-state index contributed by atoms with van der Waals surface area (Å²) in [6.45, 7) is 9.06. The van der Waals surface area contributed by atoms with Gasteiger partial charge in [0.15, 0.2) is 0 Å². The molecule has 0 heterocycles. The van der Waals surface area contributed by atoms with Crippen LogP contribution in [0.5, 0.6) is 0 Å². The first-order chi connectivity index (χ1) is 14.5. The minimum Gasteiger partial charge on any atom is -0.0949 e. The minimum atomic E-state index is 0.0423. The summed E-state index contributed by atoms with van der Waals surface area (Å²) in [6, 6.07) is 35.0. The number of allylic oxidation sites excluding steroid dienone is 1. The average molecular weight is 387 g/mol. The molecule has 4 aromatic rings. The molecule has 146 valence electrons. The molecule has 0 fully saturated rings. The second kappa shape index (κ2) is 7.15. The van der Waals surface area contributed by atoms with Gasteiger partial charge in [0.1, 0.15) is 0 Å². The van der Waals surface area contributed by atoms with Crippen LogP contribution in [0.2, 0.25) is 0 Å². The molecule has 0 saturated carbocycles. The second-order valence-corrected chi connectivity index (χ2v) is 8.77. The summed E-state index contributed by atoms with van der Waals surface area (Å²) in [6.07, 6.45) is 0.865.